The monoisotopic (exact) mass is 609 g/mol. The van der Waals surface area contributed by atoms with Gasteiger partial charge in [0, 0.05) is 38.1 Å². The molecule has 9 heteroatoms. The number of aliphatic hydroxyl groups excluding tert-OH is 1. The van der Waals surface area contributed by atoms with Crippen LogP contribution in [0.4, 0.5) is 4.79 Å². The van der Waals surface area contributed by atoms with E-state index in [1.54, 1.807) is 5.06 Å². The summed E-state index contributed by atoms with van der Waals surface area (Å²) < 4.78 is 24.1. The minimum absolute atomic E-state index is 0.00498. The third-order valence-electron chi connectivity index (χ3n) is 7.40. The van der Waals surface area contributed by atoms with Gasteiger partial charge in [0.25, 0.3) is 0 Å². The minimum atomic E-state index is -1.20. The highest BCUT2D eigenvalue weighted by molar-refractivity contribution is 6.76. The average Bonchev–Trinajstić information content (AvgIpc) is 2.95. The third kappa shape index (κ3) is 10.0. The van der Waals surface area contributed by atoms with Crippen molar-refractivity contribution in [2.45, 2.75) is 83.7 Å². The lowest BCUT2D eigenvalue weighted by Gasteiger charge is -2.37. The highest BCUT2D eigenvalue weighted by atomic mass is 28.3. The molecule has 0 saturated carbocycles. The second-order valence-corrected chi connectivity index (χ2v) is 19.0. The Morgan fingerprint density at radius 2 is 1.77 bits per heavy atom. The molecule has 4 rings (SSSR count). The Bertz CT molecular complexity index is 1330. The smallest absolute Gasteiger partial charge is 0.467 e. The highest BCUT2D eigenvalue weighted by Crippen LogP contribution is 2.35. The van der Waals surface area contributed by atoms with E-state index in [0.717, 1.165) is 45.7 Å². The van der Waals surface area contributed by atoms with Crippen LogP contribution < -0.4 is 4.74 Å². The predicted molar refractivity (Wildman–Crippen MR) is 171 cm³/mol. The average molecular weight is 610 g/mol. The van der Waals surface area contributed by atoms with Gasteiger partial charge in [0.2, 0.25) is 0 Å². The number of carbonyl (C=O) groups is 1. The van der Waals surface area contributed by atoms with Crippen molar-refractivity contribution in [3.8, 4) is 5.75 Å². The van der Waals surface area contributed by atoms with E-state index in [0.29, 0.717) is 26.3 Å². The van der Waals surface area contributed by atoms with Gasteiger partial charge in [0.1, 0.15) is 11.4 Å². The maximum Gasteiger partial charge on any atom is 0.528 e. The molecule has 0 bridgehead atoms. The molecule has 0 radical (unpaired) electrons. The summed E-state index contributed by atoms with van der Waals surface area (Å²) in [6, 6.07) is 21.3. The number of aliphatic hydroxyl groups is 1. The summed E-state index contributed by atoms with van der Waals surface area (Å²) >= 11 is 0. The second-order valence-electron chi connectivity index (χ2n) is 13.3. The fourth-order valence-corrected chi connectivity index (χ4v) is 5.83. The number of benzene rings is 3. The van der Waals surface area contributed by atoms with Crippen LogP contribution in [0.1, 0.15) is 49.8 Å². The van der Waals surface area contributed by atoms with Crippen molar-refractivity contribution in [1.82, 2.24) is 5.06 Å². The van der Waals surface area contributed by atoms with E-state index < -0.39 is 19.8 Å². The van der Waals surface area contributed by atoms with Crippen molar-refractivity contribution in [2.75, 3.05) is 26.5 Å². The van der Waals surface area contributed by atoms with E-state index in [-0.39, 0.29) is 25.4 Å². The van der Waals surface area contributed by atoms with Gasteiger partial charge in [-0.05, 0) is 49.7 Å². The first kappa shape index (κ1) is 33.0. The lowest BCUT2D eigenvalue weighted by atomic mass is 9.87. The predicted octanol–water partition coefficient (Wildman–Crippen LogP) is 7.26. The molecule has 1 saturated heterocycles. The molecule has 234 valence electrons. The molecule has 1 aliphatic heterocycles. The van der Waals surface area contributed by atoms with Gasteiger partial charge < -0.3 is 28.9 Å². The van der Waals surface area contributed by atoms with Crippen LogP contribution in [0.2, 0.25) is 25.7 Å². The van der Waals surface area contributed by atoms with Crippen molar-refractivity contribution >= 4 is 25.0 Å². The van der Waals surface area contributed by atoms with Crippen LogP contribution >= 0.6 is 0 Å². The van der Waals surface area contributed by atoms with Crippen LogP contribution in [0, 0.1) is 0 Å². The summed E-state index contributed by atoms with van der Waals surface area (Å²) in [4.78, 5) is 18.0. The SMILES string of the molecule is CC(C)(C)OC(=O)ON1CCC(c2ccc(CO)cc2)C(OCc2ccc3ccccc3c2OCOCC[Si](C)(C)C)C1. The lowest BCUT2D eigenvalue weighted by molar-refractivity contribution is -0.179. The van der Waals surface area contributed by atoms with Crippen molar-refractivity contribution in [2.24, 2.45) is 0 Å². The Morgan fingerprint density at radius 3 is 2.47 bits per heavy atom. The number of fused-ring (bicyclic) bond motifs is 1. The van der Waals surface area contributed by atoms with Gasteiger partial charge in [-0.25, -0.2) is 4.79 Å². The van der Waals surface area contributed by atoms with Crippen molar-refractivity contribution in [3.05, 3.63) is 77.4 Å². The Hall–Kier alpha value is -2.95. The molecular formula is C34H47NO7Si. The number of rotatable bonds is 12. The Balaban J connectivity index is 1.52. The molecule has 8 nitrogen and oxygen atoms in total. The number of hydroxylamine groups is 2. The van der Waals surface area contributed by atoms with E-state index in [4.69, 9.17) is 23.8 Å². The maximum absolute atomic E-state index is 12.4. The molecule has 0 spiro atoms. The zero-order chi connectivity index (χ0) is 31.0. The molecule has 2 unspecified atom stereocenters. The molecule has 0 aliphatic carbocycles. The van der Waals surface area contributed by atoms with Crippen molar-refractivity contribution in [3.63, 3.8) is 0 Å². The van der Waals surface area contributed by atoms with Crippen LogP contribution in [0.25, 0.3) is 10.8 Å². The summed E-state index contributed by atoms with van der Waals surface area (Å²) in [7, 11) is -1.20. The van der Waals surface area contributed by atoms with Crippen molar-refractivity contribution < 1.29 is 33.7 Å². The summed E-state index contributed by atoms with van der Waals surface area (Å²) in [5.74, 6) is 0.827. The Labute approximate surface area is 256 Å². The highest BCUT2D eigenvalue weighted by Gasteiger charge is 2.34. The molecule has 1 N–H and O–H groups in total. The third-order valence-corrected chi connectivity index (χ3v) is 9.11. The summed E-state index contributed by atoms with van der Waals surface area (Å²) in [5.41, 5.74) is 2.25. The van der Waals surface area contributed by atoms with Gasteiger partial charge >= 0.3 is 6.16 Å². The molecule has 1 heterocycles. The fourth-order valence-electron chi connectivity index (χ4n) is 5.07. The molecule has 3 aromatic carbocycles. The van der Waals surface area contributed by atoms with Crippen LogP contribution in [0.5, 0.6) is 5.75 Å². The van der Waals surface area contributed by atoms with Crippen LogP contribution in [-0.2, 0) is 32.3 Å². The van der Waals surface area contributed by atoms with Gasteiger partial charge in [-0.1, -0.05) is 80.3 Å². The molecule has 43 heavy (non-hydrogen) atoms. The molecular weight excluding hydrogens is 562 g/mol. The molecule has 0 aromatic heterocycles. The van der Waals surface area contributed by atoms with Gasteiger partial charge in [0.15, 0.2) is 6.79 Å². The Kier molecular flexibility index (Phi) is 11.3. The van der Waals surface area contributed by atoms with Gasteiger partial charge in [0.05, 0.1) is 25.9 Å². The summed E-state index contributed by atoms with van der Waals surface area (Å²) in [6.07, 6.45) is -0.280. The number of nitrogens with zero attached hydrogens (tertiary/aromatic N) is 1. The van der Waals surface area contributed by atoms with Gasteiger partial charge in [-0.15, -0.1) is 5.06 Å². The summed E-state index contributed by atoms with van der Waals surface area (Å²) in [6.45, 7) is 14.5. The molecule has 3 aromatic rings. The first-order valence-electron chi connectivity index (χ1n) is 15.1. The van der Waals surface area contributed by atoms with Crippen LogP contribution in [0.15, 0.2) is 60.7 Å². The Morgan fingerprint density at radius 1 is 1.02 bits per heavy atom. The minimum Gasteiger partial charge on any atom is -0.467 e. The maximum atomic E-state index is 12.4. The van der Waals surface area contributed by atoms with Crippen LogP contribution in [0.3, 0.4) is 0 Å². The van der Waals surface area contributed by atoms with E-state index in [1.807, 2.05) is 63.2 Å². The van der Waals surface area contributed by atoms with Gasteiger partial charge in [-0.3, -0.25) is 0 Å². The quantitative estimate of drug-likeness (QED) is 0.0994. The first-order chi connectivity index (χ1) is 20.4. The van der Waals surface area contributed by atoms with E-state index >= 15 is 0 Å². The lowest BCUT2D eigenvalue weighted by Crippen LogP contribution is -2.45. The summed E-state index contributed by atoms with van der Waals surface area (Å²) in [5, 5.41) is 13.2. The topological polar surface area (TPSA) is 86.7 Å². The van der Waals surface area contributed by atoms with Crippen molar-refractivity contribution in [1.29, 1.82) is 0 Å². The normalized spacial score (nSPS) is 18.0. The molecule has 1 fully saturated rings. The molecule has 0 amide bonds. The standard InChI is InChI=1S/C34H47NO7Si/c1-34(2,3)41-33(37)42-35-18-17-29(27-13-11-25(22-36)12-14-27)31(21-35)39-23-28-16-15-26-9-7-8-10-30(26)32(28)40-24-38-19-20-43(4,5)6/h7-16,29,31,36H,17-24H2,1-6H3. The largest absolute Gasteiger partial charge is 0.528 e. The van der Waals surface area contributed by atoms with E-state index in [1.165, 1.54) is 0 Å². The molecule has 1 aliphatic rings. The second kappa shape index (κ2) is 14.7. The molecule has 2 atom stereocenters. The fraction of sp³-hybridized carbons (Fsp3) is 0.500. The van der Waals surface area contributed by atoms with Crippen LogP contribution in [-0.4, -0.2) is 62.6 Å². The number of hydrogen-bond donors (Lipinski definition) is 1. The number of carbonyl (C=O) groups excluding carboxylic acids is 1. The number of hydrogen-bond acceptors (Lipinski definition) is 8. The van der Waals surface area contributed by atoms with E-state index in [2.05, 4.69) is 37.8 Å². The number of ether oxygens (including phenoxy) is 4. The zero-order valence-electron chi connectivity index (χ0n) is 26.4. The first-order valence-corrected chi connectivity index (χ1v) is 18.8. The van der Waals surface area contributed by atoms with E-state index in [9.17, 15) is 9.90 Å². The van der Waals surface area contributed by atoms with Gasteiger partial charge in [-0.2, -0.15) is 0 Å². The zero-order valence-corrected chi connectivity index (χ0v) is 27.4. The number of piperidine rings is 1.